The van der Waals surface area contributed by atoms with Gasteiger partial charge in [0.15, 0.2) is 0 Å². The fourth-order valence-electron chi connectivity index (χ4n) is 2.03. The fraction of sp³-hybridized carbons (Fsp3) is 0.222. The first-order valence-corrected chi connectivity index (χ1v) is 7.42. The first kappa shape index (κ1) is 16.5. The van der Waals surface area contributed by atoms with E-state index in [0.29, 0.717) is 12.1 Å². The van der Waals surface area contributed by atoms with E-state index >= 15 is 0 Å². The number of amides is 2. The number of carbonyl (C=O) groups excluding carboxylic acids is 2. The summed E-state index contributed by atoms with van der Waals surface area (Å²) in [4.78, 5) is 25.1. The predicted octanol–water partition coefficient (Wildman–Crippen LogP) is 2.12. The van der Waals surface area contributed by atoms with Crippen molar-refractivity contribution in [2.45, 2.75) is 6.54 Å². The molecule has 5 heteroatoms. The number of nitrogens with one attached hydrogen (secondary N) is 2. The van der Waals surface area contributed by atoms with Crippen molar-refractivity contribution in [3.63, 3.8) is 0 Å². The average molecular weight is 311 g/mol. The van der Waals surface area contributed by atoms with Gasteiger partial charge in [-0.1, -0.05) is 30.3 Å². The van der Waals surface area contributed by atoms with Crippen LogP contribution in [-0.4, -0.2) is 37.4 Å². The van der Waals surface area contributed by atoms with Crippen molar-refractivity contribution in [3.05, 3.63) is 65.7 Å². The molecule has 2 amide bonds. The van der Waals surface area contributed by atoms with E-state index in [1.54, 1.807) is 38.4 Å². The van der Waals surface area contributed by atoms with E-state index in [4.69, 9.17) is 0 Å². The van der Waals surface area contributed by atoms with Gasteiger partial charge in [-0.05, 0) is 29.8 Å². The Balaban J connectivity index is 1.79. The smallest absolute Gasteiger partial charge is 0.253 e. The van der Waals surface area contributed by atoms with Gasteiger partial charge in [0.25, 0.3) is 5.91 Å². The molecule has 0 atom stereocenters. The third-order valence-electron chi connectivity index (χ3n) is 3.32. The number of benzene rings is 2. The summed E-state index contributed by atoms with van der Waals surface area (Å²) in [6.07, 6.45) is 0. The first-order chi connectivity index (χ1) is 11.1. The molecule has 5 nitrogen and oxygen atoms in total. The minimum Gasteiger partial charge on any atom is -0.376 e. The molecule has 120 valence electrons. The quantitative estimate of drug-likeness (QED) is 0.859. The third kappa shape index (κ3) is 5.14. The van der Waals surface area contributed by atoms with E-state index in [0.717, 1.165) is 11.3 Å². The Bertz CT molecular complexity index is 652. The van der Waals surface area contributed by atoms with Crippen LogP contribution in [0, 0.1) is 0 Å². The average Bonchev–Trinajstić information content (AvgIpc) is 2.58. The normalized spacial score (nSPS) is 10.0. The van der Waals surface area contributed by atoms with Gasteiger partial charge in [-0.25, -0.2) is 0 Å². The van der Waals surface area contributed by atoms with Crippen molar-refractivity contribution in [1.82, 2.24) is 10.2 Å². The Hall–Kier alpha value is -2.82. The number of nitrogens with zero attached hydrogens (tertiary/aromatic N) is 1. The minimum absolute atomic E-state index is 0.0443. The van der Waals surface area contributed by atoms with E-state index < -0.39 is 0 Å². The Labute approximate surface area is 136 Å². The molecule has 0 heterocycles. The molecule has 23 heavy (non-hydrogen) atoms. The van der Waals surface area contributed by atoms with Crippen LogP contribution in [0.4, 0.5) is 5.69 Å². The van der Waals surface area contributed by atoms with Crippen molar-refractivity contribution >= 4 is 17.5 Å². The van der Waals surface area contributed by atoms with Crippen LogP contribution >= 0.6 is 0 Å². The van der Waals surface area contributed by atoms with Gasteiger partial charge in [0, 0.05) is 31.9 Å². The van der Waals surface area contributed by atoms with E-state index in [9.17, 15) is 9.59 Å². The van der Waals surface area contributed by atoms with Gasteiger partial charge in [-0.2, -0.15) is 0 Å². The molecule has 0 aliphatic carbocycles. The lowest BCUT2D eigenvalue weighted by molar-refractivity contribution is -0.119. The zero-order valence-corrected chi connectivity index (χ0v) is 13.4. The number of hydrogen-bond acceptors (Lipinski definition) is 3. The summed E-state index contributed by atoms with van der Waals surface area (Å²) in [6.45, 7) is 0.700. The zero-order chi connectivity index (χ0) is 16.7. The summed E-state index contributed by atoms with van der Waals surface area (Å²) in [5.74, 6) is -0.126. The minimum atomic E-state index is -0.0812. The Morgan fingerprint density at radius 2 is 1.61 bits per heavy atom. The molecule has 0 radical (unpaired) electrons. The maximum absolute atomic E-state index is 11.8. The highest BCUT2D eigenvalue weighted by atomic mass is 16.2. The topological polar surface area (TPSA) is 61.4 Å². The zero-order valence-electron chi connectivity index (χ0n) is 13.4. The third-order valence-corrected chi connectivity index (χ3v) is 3.32. The SMILES string of the molecule is CN(C)C(=O)c1ccc(NCC(=O)NCc2ccccc2)cc1. The Kier molecular flexibility index (Phi) is 5.74. The molecule has 0 aliphatic heterocycles. The molecular formula is C18H21N3O2. The lowest BCUT2D eigenvalue weighted by atomic mass is 10.2. The van der Waals surface area contributed by atoms with Crippen molar-refractivity contribution < 1.29 is 9.59 Å². The monoisotopic (exact) mass is 311 g/mol. The van der Waals surface area contributed by atoms with Crippen LogP contribution < -0.4 is 10.6 Å². The first-order valence-electron chi connectivity index (χ1n) is 7.42. The molecule has 0 saturated heterocycles. The van der Waals surface area contributed by atoms with Gasteiger partial charge in [0.1, 0.15) is 0 Å². The van der Waals surface area contributed by atoms with Gasteiger partial charge >= 0.3 is 0 Å². The summed E-state index contributed by atoms with van der Waals surface area (Å²) >= 11 is 0. The second-order valence-electron chi connectivity index (χ2n) is 5.39. The molecule has 0 unspecified atom stereocenters. The lowest BCUT2D eigenvalue weighted by Crippen LogP contribution is -2.29. The highest BCUT2D eigenvalue weighted by Gasteiger charge is 2.07. The molecule has 2 aromatic carbocycles. The van der Waals surface area contributed by atoms with Crippen LogP contribution in [0.25, 0.3) is 0 Å². The molecule has 2 rings (SSSR count). The number of anilines is 1. The van der Waals surface area contributed by atoms with Gasteiger partial charge in [0.05, 0.1) is 6.54 Å². The lowest BCUT2D eigenvalue weighted by Gasteiger charge is -2.11. The van der Waals surface area contributed by atoms with E-state index in [2.05, 4.69) is 10.6 Å². The van der Waals surface area contributed by atoms with Crippen molar-refractivity contribution in [2.75, 3.05) is 26.0 Å². The van der Waals surface area contributed by atoms with Crippen molar-refractivity contribution in [2.24, 2.45) is 0 Å². The van der Waals surface area contributed by atoms with E-state index in [-0.39, 0.29) is 18.4 Å². The van der Waals surface area contributed by atoms with Crippen LogP contribution in [0.15, 0.2) is 54.6 Å². The molecule has 0 aromatic heterocycles. The van der Waals surface area contributed by atoms with Gasteiger partial charge in [0.2, 0.25) is 5.91 Å². The van der Waals surface area contributed by atoms with E-state index in [1.807, 2.05) is 30.3 Å². The molecule has 0 bridgehead atoms. The Morgan fingerprint density at radius 3 is 2.22 bits per heavy atom. The summed E-state index contributed by atoms with van der Waals surface area (Å²) < 4.78 is 0. The fourth-order valence-corrected chi connectivity index (χ4v) is 2.03. The van der Waals surface area contributed by atoms with Crippen LogP contribution in [0.3, 0.4) is 0 Å². The van der Waals surface area contributed by atoms with Crippen molar-refractivity contribution in [1.29, 1.82) is 0 Å². The van der Waals surface area contributed by atoms with Gasteiger partial charge in [-0.15, -0.1) is 0 Å². The molecule has 0 fully saturated rings. The Morgan fingerprint density at radius 1 is 0.957 bits per heavy atom. The molecule has 0 saturated carbocycles. The maximum Gasteiger partial charge on any atom is 0.253 e. The van der Waals surface area contributed by atoms with Crippen LogP contribution in [0.1, 0.15) is 15.9 Å². The highest BCUT2D eigenvalue weighted by Crippen LogP contribution is 2.10. The number of hydrogen-bond donors (Lipinski definition) is 2. The molecule has 2 aromatic rings. The molecule has 2 N–H and O–H groups in total. The molecule has 0 spiro atoms. The summed E-state index contributed by atoms with van der Waals surface area (Å²) in [7, 11) is 3.43. The number of carbonyl (C=O) groups is 2. The largest absolute Gasteiger partial charge is 0.376 e. The van der Waals surface area contributed by atoms with Crippen molar-refractivity contribution in [3.8, 4) is 0 Å². The standard InChI is InChI=1S/C18H21N3O2/c1-21(2)18(23)15-8-10-16(11-9-15)19-13-17(22)20-12-14-6-4-3-5-7-14/h3-11,19H,12-13H2,1-2H3,(H,20,22). The van der Waals surface area contributed by atoms with Gasteiger partial charge < -0.3 is 15.5 Å². The summed E-state index contributed by atoms with van der Waals surface area (Å²) in [6, 6.07) is 16.8. The predicted molar refractivity (Wildman–Crippen MR) is 91.2 cm³/mol. The summed E-state index contributed by atoms with van der Waals surface area (Å²) in [5, 5.41) is 5.89. The van der Waals surface area contributed by atoms with Crippen LogP contribution in [0.5, 0.6) is 0 Å². The van der Waals surface area contributed by atoms with Crippen LogP contribution in [-0.2, 0) is 11.3 Å². The highest BCUT2D eigenvalue weighted by molar-refractivity contribution is 5.94. The second-order valence-corrected chi connectivity index (χ2v) is 5.39. The maximum atomic E-state index is 11.8. The second kappa shape index (κ2) is 7.98. The van der Waals surface area contributed by atoms with Crippen LogP contribution in [0.2, 0.25) is 0 Å². The molecular weight excluding hydrogens is 290 g/mol. The summed E-state index contributed by atoms with van der Waals surface area (Å²) in [5.41, 5.74) is 2.48. The van der Waals surface area contributed by atoms with E-state index in [1.165, 1.54) is 4.90 Å². The van der Waals surface area contributed by atoms with Gasteiger partial charge in [-0.3, -0.25) is 9.59 Å². The molecule has 0 aliphatic rings. The number of rotatable bonds is 6.